The molecule has 1 rings (SSSR count). The summed E-state index contributed by atoms with van der Waals surface area (Å²) in [5, 5.41) is 0. The number of nitrogens with one attached hydrogen (secondary N) is 1. The Kier molecular flexibility index (Phi) is 7.70. The predicted octanol–water partition coefficient (Wildman–Crippen LogP) is 0.958. The highest BCUT2D eigenvalue weighted by Gasteiger charge is 2.29. The molecule has 3 N–H and O–H groups in total. The molecule has 1 unspecified atom stereocenters. The van der Waals surface area contributed by atoms with E-state index in [2.05, 4.69) is 18.6 Å². The molecule has 0 saturated heterocycles. The first-order chi connectivity index (χ1) is 7.85. The van der Waals surface area contributed by atoms with Crippen LogP contribution in [0.25, 0.3) is 0 Å². The van der Waals surface area contributed by atoms with Crippen molar-refractivity contribution in [2.75, 3.05) is 20.1 Å². The van der Waals surface area contributed by atoms with Crippen molar-refractivity contribution in [2.24, 2.45) is 17.6 Å². The van der Waals surface area contributed by atoms with E-state index in [-0.39, 0.29) is 18.4 Å². The average Bonchev–Trinajstić information content (AvgIpc) is 2.99. The fourth-order valence-corrected chi connectivity index (χ4v) is 3.02. The summed E-state index contributed by atoms with van der Waals surface area (Å²) in [6.45, 7) is 5.08. The lowest BCUT2D eigenvalue weighted by atomic mass is 10.1. The van der Waals surface area contributed by atoms with Gasteiger partial charge in [0.15, 0.2) is 0 Å². The topological polar surface area (TPSA) is 75.4 Å². The van der Waals surface area contributed by atoms with Gasteiger partial charge in [0.05, 0.1) is 0 Å². The van der Waals surface area contributed by atoms with Crippen LogP contribution in [-0.4, -0.2) is 38.9 Å². The molecule has 1 fully saturated rings. The molecule has 0 aromatic carbocycles. The second kappa shape index (κ2) is 7.65. The molecule has 0 aliphatic heterocycles. The van der Waals surface area contributed by atoms with Gasteiger partial charge in [-0.15, -0.1) is 12.4 Å². The number of nitrogens with zero attached hydrogens (tertiary/aromatic N) is 1. The van der Waals surface area contributed by atoms with Crippen molar-refractivity contribution in [1.29, 1.82) is 0 Å². The molecular formula is C11H26ClN3O2S. The van der Waals surface area contributed by atoms with Gasteiger partial charge in [0.2, 0.25) is 0 Å². The van der Waals surface area contributed by atoms with E-state index >= 15 is 0 Å². The maximum Gasteiger partial charge on any atom is 0.279 e. The van der Waals surface area contributed by atoms with Gasteiger partial charge in [0.1, 0.15) is 0 Å². The van der Waals surface area contributed by atoms with Crippen molar-refractivity contribution >= 4 is 22.6 Å². The highest BCUT2D eigenvalue weighted by atomic mass is 35.5. The Morgan fingerprint density at radius 3 is 2.33 bits per heavy atom. The first kappa shape index (κ1) is 18.1. The number of rotatable bonds is 8. The molecule has 0 heterocycles. The van der Waals surface area contributed by atoms with Crippen LogP contribution in [0.2, 0.25) is 0 Å². The Morgan fingerprint density at radius 2 is 1.94 bits per heavy atom. The maximum absolute atomic E-state index is 12.0. The summed E-state index contributed by atoms with van der Waals surface area (Å²) in [5.41, 5.74) is 5.60. The van der Waals surface area contributed by atoms with E-state index in [0.717, 1.165) is 19.3 Å². The minimum absolute atomic E-state index is 0. The molecule has 0 aromatic heterocycles. The van der Waals surface area contributed by atoms with Crippen LogP contribution in [0.5, 0.6) is 0 Å². The second-order valence-electron chi connectivity index (χ2n) is 5.41. The van der Waals surface area contributed by atoms with E-state index in [1.54, 1.807) is 7.05 Å². The van der Waals surface area contributed by atoms with E-state index in [9.17, 15) is 8.42 Å². The average molecular weight is 300 g/mol. The second-order valence-corrected chi connectivity index (χ2v) is 7.22. The molecule has 0 aromatic rings. The summed E-state index contributed by atoms with van der Waals surface area (Å²) in [6, 6.07) is -0.165. The molecule has 5 nitrogen and oxygen atoms in total. The summed E-state index contributed by atoms with van der Waals surface area (Å²) in [6.07, 6.45) is 3.06. The molecule has 110 valence electrons. The summed E-state index contributed by atoms with van der Waals surface area (Å²) in [4.78, 5) is 0. The van der Waals surface area contributed by atoms with E-state index in [1.807, 2.05) is 0 Å². The highest BCUT2D eigenvalue weighted by Crippen LogP contribution is 2.29. The molecule has 0 radical (unpaired) electrons. The zero-order valence-corrected chi connectivity index (χ0v) is 13.1. The van der Waals surface area contributed by atoms with Crippen molar-refractivity contribution in [3.63, 3.8) is 0 Å². The minimum Gasteiger partial charge on any atom is -0.329 e. The molecule has 18 heavy (non-hydrogen) atoms. The van der Waals surface area contributed by atoms with Crippen molar-refractivity contribution in [3.05, 3.63) is 0 Å². The summed E-state index contributed by atoms with van der Waals surface area (Å²) in [7, 11) is -1.74. The Bertz CT molecular complexity index is 331. The number of halogens is 1. The van der Waals surface area contributed by atoms with Crippen LogP contribution >= 0.6 is 12.4 Å². The highest BCUT2D eigenvalue weighted by molar-refractivity contribution is 7.87. The van der Waals surface area contributed by atoms with Crippen LogP contribution in [0.1, 0.15) is 33.1 Å². The van der Waals surface area contributed by atoms with Crippen LogP contribution in [0.3, 0.4) is 0 Å². The number of hydrogen-bond donors (Lipinski definition) is 2. The third-order valence-corrected chi connectivity index (χ3v) is 4.58. The minimum atomic E-state index is -3.37. The Labute approximate surface area is 117 Å². The van der Waals surface area contributed by atoms with E-state index in [4.69, 9.17) is 5.73 Å². The standard InChI is InChI=1S/C11H25N3O2S.ClH/c1-9(2)6-11(7-12)13-17(15,16)14(3)8-10-4-5-10;/h9-11,13H,4-8,12H2,1-3H3;1H. The Hall–Kier alpha value is 0.120. The monoisotopic (exact) mass is 299 g/mol. The van der Waals surface area contributed by atoms with E-state index in [1.165, 1.54) is 4.31 Å². The zero-order chi connectivity index (χ0) is 13.1. The summed E-state index contributed by atoms with van der Waals surface area (Å²) >= 11 is 0. The van der Waals surface area contributed by atoms with Gasteiger partial charge >= 0.3 is 0 Å². The van der Waals surface area contributed by atoms with Gasteiger partial charge in [0, 0.05) is 26.2 Å². The van der Waals surface area contributed by atoms with Gasteiger partial charge in [-0.05, 0) is 31.1 Å². The largest absolute Gasteiger partial charge is 0.329 e. The quantitative estimate of drug-likeness (QED) is 0.701. The van der Waals surface area contributed by atoms with Gasteiger partial charge < -0.3 is 5.73 Å². The molecule has 1 atom stereocenters. The van der Waals surface area contributed by atoms with Gasteiger partial charge in [-0.25, -0.2) is 0 Å². The lowest BCUT2D eigenvalue weighted by Crippen LogP contribution is -2.47. The smallest absolute Gasteiger partial charge is 0.279 e. The van der Waals surface area contributed by atoms with Gasteiger partial charge in [-0.1, -0.05) is 13.8 Å². The van der Waals surface area contributed by atoms with E-state index < -0.39 is 10.2 Å². The normalized spacial score (nSPS) is 17.9. The number of nitrogens with two attached hydrogens (primary N) is 1. The van der Waals surface area contributed by atoms with Crippen LogP contribution in [0.15, 0.2) is 0 Å². The van der Waals surface area contributed by atoms with Crippen molar-refractivity contribution in [3.8, 4) is 0 Å². The molecule has 0 amide bonds. The van der Waals surface area contributed by atoms with E-state index in [0.29, 0.717) is 24.9 Å². The molecule has 1 aliphatic carbocycles. The number of hydrogen-bond acceptors (Lipinski definition) is 3. The Morgan fingerprint density at radius 1 is 1.39 bits per heavy atom. The van der Waals surface area contributed by atoms with Crippen LogP contribution < -0.4 is 10.5 Å². The summed E-state index contributed by atoms with van der Waals surface area (Å²) < 4.78 is 28.1. The van der Waals surface area contributed by atoms with Gasteiger partial charge in [0.25, 0.3) is 10.2 Å². The lowest BCUT2D eigenvalue weighted by Gasteiger charge is -2.23. The van der Waals surface area contributed by atoms with Crippen molar-refractivity contribution in [2.45, 2.75) is 39.2 Å². The van der Waals surface area contributed by atoms with Crippen LogP contribution in [0.4, 0.5) is 0 Å². The fourth-order valence-electron chi connectivity index (χ4n) is 1.82. The first-order valence-corrected chi connectivity index (χ1v) is 7.72. The molecule has 0 bridgehead atoms. The molecular weight excluding hydrogens is 274 g/mol. The SMILES string of the molecule is CC(C)CC(CN)NS(=O)(=O)N(C)CC1CC1.Cl. The van der Waals surface area contributed by atoms with Crippen molar-refractivity contribution in [1.82, 2.24) is 9.03 Å². The molecule has 0 spiro atoms. The molecule has 1 saturated carbocycles. The fraction of sp³-hybridized carbons (Fsp3) is 1.00. The maximum atomic E-state index is 12.0. The lowest BCUT2D eigenvalue weighted by molar-refractivity contribution is 0.414. The third-order valence-electron chi connectivity index (χ3n) is 2.98. The third kappa shape index (κ3) is 6.33. The molecule has 1 aliphatic rings. The van der Waals surface area contributed by atoms with Crippen molar-refractivity contribution < 1.29 is 8.42 Å². The zero-order valence-electron chi connectivity index (χ0n) is 11.4. The first-order valence-electron chi connectivity index (χ1n) is 6.28. The molecule has 7 heteroatoms. The van der Waals surface area contributed by atoms with Crippen LogP contribution in [-0.2, 0) is 10.2 Å². The van der Waals surface area contributed by atoms with Crippen LogP contribution in [0, 0.1) is 11.8 Å². The van der Waals surface area contributed by atoms with Gasteiger partial charge in [-0.2, -0.15) is 17.4 Å². The Balaban J connectivity index is 0.00000289. The predicted molar refractivity (Wildman–Crippen MR) is 77.0 cm³/mol. The van der Waals surface area contributed by atoms with Gasteiger partial charge in [-0.3, -0.25) is 0 Å². The summed E-state index contributed by atoms with van der Waals surface area (Å²) in [5.74, 6) is 0.984.